The maximum absolute atomic E-state index is 13.2. The Labute approximate surface area is 171 Å². The topological polar surface area (TPSA) is 107 Å². The number of sulfonamides is 1. The Hall–Kier alpha value is -3.11. The second-order valence-electron chi connectivity index (χ2n) is 6.25. The van der Waals surface area contributed by atoms with Gasteiger partial charge in [-0.05, 0) is 25.1 Å². The van der Waals surface area contributed by atoms with Crippen LogP contribution in [0.25, 0.3) is 5.69 Å². The maximum Gasteiger partial charge on any atom is 0.296 e. The predicted octanol–water partition coefficient (Wildman–Crippen LogP) is 2.87. The molecule has 3 rings (SSSR count). The summed E-state index contributed by atoms with van der Waals surface area (Å²) >= 11 is 6.01. The van der Waals surface area contributed by atoms with Crippen LogP contribution in [0.2, 0.25) is 5.02 Å². The van der Waals surface area contributed by atoms with Crippen LogP contribution >= 0.6 is 11.6 Å². The number of nitrogens with zero attached hydrogens (tertiary/aromatic N) is 4. The summed E-state index contributed by atoms with van der Waals surface area (Å²) in [6.45, 7) is 1.61. The molecular weight excluding hydrogens is 420 g/mol. The molecule has 0 atom stereocenters. The van der Waals surface area contributed by atoms with Crippen LogP contribution in [-0.4, -0.2) is 29.8 Å². The third-order valence-electron chi connectivity index (χ3n) is 4.60. The number of aromatic nitrogens is 2. The van der Waals surface area contributed by atoms with Crippen LogP contribution in [0.15, 0.2) is 58.2 Å². The van der Waals surface area contributed by atoms with Crippen molar-refractivity contribution in [1.82, 2.24) is 9.36 Å². The monoisotopic (exact) mass is 436 g/mol. The smallest absolute Gasteiger partial charge is 0.283 e. The van der Waals surface area contributed by atoms with Gasteiger partial charge in [0.25, 0.3) is 21.3 Å². The highest BCUT2D eigenvalue weighted by atomic mass is 35.5. The van der Waals surface area contributed by atoms with Gasteiger partial charge in [0.05, 0.1) is 21.3 Å². The molecule has 0 aliphatic heterocycles. The molecule has 0 bridgehead atoms. The first-order chi connectivity index (χ1) is 13.6. The quantitative estimate of drug-likeness (QED) is 0.451. The van der Waals surface area contributed by atoms with E-state index in [1.165, 1.54) is 16.4 Å². The molecular formula is C18H17ClN4O5S. The van der Waals surface area contributed by atoms with Crippen molar-refractivity contribution in [2.75, 3.05) is 11.4 Å². The minimum Gasteiger partial charge on any atom is -0.283 e. The summed E-state index contributed by atoms with van der Waals surface area (Å²) in [6, 6.07) is 11.9. The van der Waals surface area contributed by atoms with Gasteiger partial charge in [-0.25, -0.2) is 13.1 Å². The molecule has 0 fully saturated rings. The van der Waals surface area contributed by atoms with E-state index in [0.29, 0.717) is 11.4 Å². The highest BCUT2D eigenvalue weighted by molar-refractivity contribution is 7.93. The molecule has 0 radical (unpaired) electrons. The lowest BCUT2D eigenvalue weighted by molar-refractivity contribution is -0.385. The van der Waals surface area contributed by atoms with Gasteiger partial charge in [0.15, 0.2) is 0 Å². The van der Waals surface area contributed by atoms with Crippen molar-refractivity contribution in [3.8, 4) is 5.69 Å². The van der Waals surface area contributed by atoms with Gasteiger partial charge in [-0.15, -0.1) is 0 Å². The molecule has 0 aliphatic rings. The van der Waals surface area contributed by atoms with E-state index in [9.17, 15) is 23.3 Å². The number of para-hydroxylation sites is 1. The fourth-order valence-electron chi connectivity index (χ4n) is 2.99. The van der Waals surface area contributed by atoms with Crippen LogP contribution in [0, 0.1) is 17.0 Å². The normalized spacial score (nSPS) is 11.4. The van der Waals surface area contributed by atoms with E-state index in [0.717, 1.165) is 22.5 Å². The van der Waals surface area contributed by atoms with Gasteiger partial charge in [0.1, 0.15) is 10.6 Å². The average molecular weight is 437 g/mol. The van der Waals surface area contributed by atoms with E-state index in [4.69, 9.17) is 11.6 Å². The van der Waals surface area contributed by atoms with E-state index < -0.39 is 31.1 Å². The van der Waals surface area contributed by atoms with Gasteiger partial charge >= 0.3 is 0 Å². The van der Waals surface area contributed by atoms with Crippen molar-refractivity contribution in [3.05, 3.63) is 79.7 Å². The van der Waals surface area contributed by atoms with Gasteiger partial charge < -0.3 is 0 Å². The molecule has 0 unspecified atom stereocenters. The number of anilines is 1. The SMILES string of the molecule is Cc1c(N(C)S(=O)(=O)c2cc([N+](=O)[O-])ccc2Cl)c(=O)n(-c2ccccc2)n1C. The molecule has 1 heterocycles. The fourth-order valence-corrected chi connectivity index (χ4v) is 4.73. The Morgan fingerprint density at radius 1 is 1.14 bits per heavy atom. The highest BCUT2D eigenvalue weighted by Gasteiger charge is 2.31. The minimum atomic E-state index is -4.34. The number of nitro groups is 1. The van der Waals surface area contributed by atoms with Gasteiger partial charge in [0.2, 0.25) is 0 Å². The molecule has 152 valence electrons. The Balaban J connectivity index is 2.19. The van der Waals surface area contributed by atoms with E-state index in [1.807, 2.05) is 0 Å². The molecule has 29 heavy (non-hydrogen) atoms. The number of nitro benzene ring substituents is 1. The first-order valence-electron chi connectivity index (χ1n) is 8.34. The van der Waals surface area contributed by atoms with Crippen LogP contribution in [0.3, 0.4) is 0 Å². The summed E-state index contributed by atoms with van der Waals surface area (Å²) < 4.78 is 30.0. The van der Waals surface area contributed by atoms with Gasteiger partial charge in [-0.2, -0.15) is 0 Å². The molecule has 0 amide bonds. The Bertz CT molecular complexity index is 1270. The maximum atomic E-state index is 13.2. The number of hydrogen-bond donors (Lipinski definition) is 0. The molecule has 1 aromatic heterocycles. The Morgan fingerprint density at radius 3 is 2.34 bits per heavy atom. The van der Waals surface area contributed by atoms with E-state index in [1.54, 1.807) is 44.3 Å². The van der Waals surface area contributed by atoms with Gasteiger partial charge in [-0.1, -0.05) is 29.8 Å². The molecule has 3 aromatic rings. The Kier molecular flexibility index (Phi) is 5.24. The minimum absolute atomic E-state index is 0.0843. The van der Waals surface area contributed by atoms with Crippen LogP contribution < -0.4 is 9.86 Å². The summed E-state index contributed by atoms with van der Waals surface area (Å²) in [7, 11) is -1.49. The second-order valence-corrected chi connectivity index (χ2v) is 8.60. The summed E-state index contributed by atoms with van der Waals surface area (Å²) in [6.07, 6.45) is 0. The zero-order valence-electron chi connectivity index (χ0n) is 15.7. The summed E-state index contributed by atoms with van der Waals surface area (Å²) in [4.78, 5) is 23.0. The summed E-state index contributed by atoms with van der Waals surface area (Å²) in [5.41, 5.74) is -0.101. The summed E-state index contributed by atoms with van der Waals surface area (Å²) in [5, 5.41) is 10.9. The lowest BCUT2D eigenvalue weighted by Gasteiger charge is -2.18. The molecule has 11 heteroatoms. The first kappa shape index (κ1) is 20.6. The van der Waals surface area contributed by atoms with E-state index in [2.05, 4.69) is 0 Å². The number of non-ortho nitro benzene ring substituents is 1. The second kappa shape index (κ2) is 7.37. The molecule has 0 saturated heterocycles. The third-order valence-corrected chi connectivity index (χ3v) is 6.84. The molecule has 9 nitrogen and oxygen atoms in total. The van der Waals surface area contributed by atoms with Crippen molar-refractivity contribution in [2.24, 2.45) is 7.05 Å². The lowest BCUT2D eigenvalue weighted by atomic mass is 10.3. The van der Waals surface area contributed by atoms with Gasteiger partial charge in [0, 0.05) is 26.2 Å². The fraction of sp³-hybridized carbons (Fsp3) is 0.167. The largest absolute Gasteiger partial charge is 0.296 e. The van der Waals surface area contributed by atoms with Gasteiger partial charge in [-0.3, -0.25) is 23.9 Å². The lowest BCUT2D eigenvalue weighted by Crippen LogP contribution is -2.32. The van der Waals surface area contributed by atoms with Crippen LogP contribution in [0.1, 0.15) is 5.69 Å². The van der Waals surface area contributed by atoms with Crippen LogP contribution in [0.4, 0.5) is 11.4 Å². The molecule has 0 N–H and O–H groups in total. The van der Waals surface area contributed by atoms with Crippen molar-refractivity contribution < 1.29 is 13.3 Å². The van der Waals surface area contributed by atoms with E-state index in [-0.39, 0.29) is 10.7 Å². The number of hydrogen-bond acceptors (Lipinski definition) is 5. The van der Waals surface area contributed by atoms with Crippen LogP contribution in [0.5, 0.6) is 0 Å². The number of halogens is 1. The zero-order valence-corrected chi connectivity index (χ0v) is 17.3. The molecule has 0 aliphatic carbocycles. The van der Waals surface area contributed by atoms with Crippen molar-refractivity contribution in [1.29, 1.82) is 0 Å². The van der Waals surface area contributed by atoms with Crippen molar-refractivity contribution >= 4 is 33.0 Å². The third kappa shape index (κ3) is 3.40. The molecule has 2 aromatic carbocycles. The highest BCUT2D eigenvalue weighted by Crippen LogP contribution is 2.31. The summed E-state index contributed by atoms with van der Waals surface area (Å²) in [5.74, 6) is 0. The van der Waals surface area contributed by atoms with E-state index >= 15 is 0 Å². The standard InChI is InChI=1S/C18H17ClN4O5S/c1-12-17(18(24)22(20(12)2)13-7-5-4-6-8-13)21(3)29(27,28)16-11-14(23(25)26)9-10-15(16)19/h4-11H,1-3H3. The first-order valence-corrected chi connectivity index (χ1v) is 10.2. The van der Waals surface area contributed by atoms with Crippen LogP contribution in [-0.2, 0) is 17.1 Å². The van der Waals surface area contributed by atoms with Crippen molar-refractivity contribution in [3.63, 3.8) is 0 Å². The average Bonchev–Trinajstić information content (AvgIpc) is 2.90. The van der Waals surface area contributed by atoms with Crippen molar-refractivity contribution in [2.45, 2.75) is 11.8 Å². The molecule has 0 spiro atoms. The number of rotatable bonds is 5. The zero-order chi connectivity index (χ0) is 21.5. The predicted molar refractivity (Wildman–Crippen MR) is 109 cm³/mol. The molecule has 0 saturated carbocycles. The Morgan fingerprint density at radius 2 is 1.76 bits per heavy atom. The number of benzene rings is 2.